The highest BCUT2D eigenvalue weighted by Gasteiger charge is 2.38. The Morgan fingerprint density at radius 1 is 1.12 bits per heavy atom. The highest BCUT2D eigenvalue weighted by atomic mass is 35.5. The third kappa shape index (κ3) is 3.80. The average molecular weight is 376 g/mol. The number of nitrogens with one attached hydrogen (secondary N) is 1. The molecule has 1 unspecified atom stereocenters. The largest absolute Gasteiger partial charge is 0.328 e. The standard InChI is InChI=1S/C19H19Cl2N3O/c1-12(2)11-22-18-17(13-6-4-3-5-7-13)24(19(25)23-18)14-8-9-15(20)16(21)10-14/h3-10,12,17H,11H2,1-2H3,(H,22,23,25). The molecule has 6 heteroatoms. The molecule has 0 saturated carbocycles. The Morgan fingerprint density at radius 2 is 1.84 bits per heavy atom. The van der Waals surface area contributed by atoms with Gasteiger partial charge in [0.2, 0.25) is 0 Å². The minimum absolute atomic E-state index is 0.227. The normalized spacial score (nSPS) is 18.9. The van der Waals surface area contributed by atoms with Gasteiger partial charge in [-0.15, -0.1) is 0 Å². The van der Waals surface area contributed by atoms with Gasteiger partial charge in [0.05, 0.1) is 10.0 Å². The van der Waals surface area contributed by atoms with Crippen molar-refractivity contribution in [3.05, 3.63) is 64.1 Å². The van der Waals surface area contributed by atoms with E-state index in [2.05, 4.69) is 24.2 Å². The van der Waals surface area contributed by atoms with Gasteiger partial charge in [0, 0.05) is 12.2 Å². The summed E-state index contributed by atoms with van der Waals surface area (Å²) < 4.78 is 0. The molecule has 2 aromatic rings. The van der Waals surface area contributed by atoms with Crippen LogP contribution in [-0.4, -0.2) is 18.4 Å². The molecule has 4 nitrogen and oxygen atoms in total. The first kappa shape index (κ1) is 17.8. The molecule has 2 aromatic carbocycles. The number of hydrogen-bond acceptors (Lipinski definition) is 2. The smallest absolute Gasteiger partial charge is 0.294 e. The van der Waals surface area contributed by atoms with Gasteiger partial charge in [0.25, 0.3) is 0 Å². The summed E-state index contributed by atoms with van der Waals surface area (Å²) in [6, 6.07) is 14.5. The average Bonchev–Trinajstić information content (AvgIpc) is 2.92. The third-order valence-electron chi connectivity index (χ3n) is 3.89. The monoisotopic (exact) mass is 375 g/mol. The summed E-state index contributed by atoms with van der Waals surface area (Å²) in [6.07, 6.45) is 0. The number of amidine groups is 1. The number of hydrogen-bond donors (Lipinski definition) is 1. The van der Waals surface area contributed by atoms with Crippen molar-refractivity contribution in [2.24, 2.45) is 10.9 Å². The molecule has 0 aliphatic carbocycles. The lowest BCUT2D eigenvalue weighted by atomic mass is 10.0. The summed E-state index contributed by atoms with van der Waals surface area (Å²) in [5.74, 6) is 1.05. The molecule has 1 heterocycles. The van der Waals surface area contributed by atoms with Crippen molar-refractivity contribution in [1.29, 1.82) is 0 Å². The second-order valence-electron chi connectivity index (χ2n) is 6.33. The first-order valence-corrected chi connectivity index (χ1v) is 8.87. The van der Waals surface area contributed by atoms with Gasteiger partial charge < -0.3 is 0 Å². The molecule has 0 bridgehead atoms. The predicted molar refractivity (Wildman–Crippen MR) is 104 cm³/mol. The number of amides is 2. The fraction of sp³-hybridized carbons (Fsp3) is 0.263. The molecule has 2 amide bonds. The molecule has 3 rings (SSSR count). The SMILES string of the molecule is CC(C)CN=C1NC(=O)N(c2ccc(Cl)c(Cl)c2)C1c1ccccc1. The van der Waals surface area contributed by atoms with Crippen LogP contribution in [0, 0.1) is 5.92 Å². The Bertz CT molecular complexity index is 806. The zero-order valence-corrected chi connectivity index (χ0v) is 15.6. The Kier molecular flexibility index (Phi) is 5.30. The minimum Gasteiger partial charge on any atom is -0.294 e. The van der Waals surface area contributed by atoms with Crippen molar-refractivity contribution >= 4 is 40.8 Å². The number of halogens is 2. The minimum atomic E-state index is -0.315. The maximum absolute atomic E-state index is 12.7. The van der Waals surface area contributed by atoms with Gasteiger partial charge in [-0.2, -0.15) is 0 Å². The molecule has 0 radical (unpaired) electrons. The lowest BCUT2D eigenvalue weighted by Crippen LogP contribution is -2.29. The number of nitrogens with zero attached hydrogens (tertiary/aromatic N) is 2. The van der Waals surface area contributed by atoms with Crippen molar-refractivity contribution in [3.63, 3.8) is 0 Å². The van der Waals surface area contributed by atoms with Crippen LogP contribution < -0.4 is 10.2 Å². The van der Waals surface area contributed by atoms with Crippen LogP contribution >= 0.6 is 23.2 Å². The van der Waals surface area contributed by atoms with E-state index >= 15 is 0 Å². The Balaban J connectivity index is 2.06. The van der Waals surface area contributed by atoms with E-state index in [1.165, 1.54) is 0 Å². The van der Waals surface area contributed by atoms with E-state index in [9.17, 15) is 4.79 Å². The van der Waals surface area contributed by atoms with E-state index in [4.69, 9.17) is 23.2 Å². The second-order valence-corrected chi connectivity index (χ2v) is 7.15. The van der Waals surface area contributed by atoms with E-state index < -0.39 is 0 Å². The zero-order valence-electron chi connectivity index (χ0n) is 14.0. The van der Waals surface area contributed by atoms with Crippen molar-refractivity contribution in [2.45, 2.75) is 19.9 Å². The first-order chi connectivity index (χ1) is 12.0. The number of carbonyl (C=O) groups excluding carboxylic acids is 1. The van der Waals surface area contributed by atoms with Crippen LogP contribution in [0.4, 0.5) is 10.5 Å². The number of carbonyl (C=O) groups is 1. The quantitative estimate of drug-likeness (QED) is 0.771. The van der Waals surface area contributed by atoms with E-state index in [-0.39, 0.29) is 12.1 Å². The van der Waals surface area contributed by atoms with Gasteiger partial charge >= 0.3 is 6.03 Å². The summed E-state index contributed by atoms with van der Waals surface area (Å²) in [6.45, 7) is 4.83. The number of aliphatic imine (C=N–C) groups is 1. The van der Waals surface area contributed by atoms with Crippen LogP contribution in [0.2, 0.25) is 10.0 Å². The highest BCUT2D eigenvalue weighted by Crippen LogP contribution is 2.35. The molecule has 0 spiro atoms. The summed E-state index contributed by atoms with van der Waals surface area (Å²) in [5.41, 5.74) is 1.66. The van der Waals surface area contributed by atoms with E-state index in [0.717, 1.165) is 5.56 Å². The molecule has 1 atom stereocenters. The molecule has 1 aliphatic rings. The van der Waals surface area contributed by atoms with Crippen molar-refractivity contribution < 1.29 is 4.79 Å². The highest BCUT2D eigenvalue weighted by molar-refractivity contribution is 6.42. The van der Waals surface area contributed by atoms with Gasteiger partial charge in [-0.1, -0.05) is 67.4 Å². The third-order valence-corrected chi connectivity index (χ3v) is 4.63. The first-order valence-electron chi connectivity index (χ1n) is 8.12. The number of anilines is 1. The summed E-state index contributed by atoms with van der Waals surface area (Å²) in [7, 11) is 0. The lowest BCUT2D eigenvalue weighted by molar-refractivity contribution is 0.252. The van der Waals surface area contributed by atoms with Crippen molar-refractivity contribution in [2.75, 3.05) is 11.4 Å². The zero-order chi connectivity index (χ0) is 18.0. The molecule has 1 aliphatic heterocycles. The molecule has 25 heavy (non-hydrogen) atoms. The topological polar surface area (TPSA) is 44.7 Å². The number of urea groups is 1. The van der Waals surface area contributed by atoms with Crippen LogP contribution in [0.3, 0.4) is 0 Å². The van der Waals surface area contributed by atoms with Crippen molar-refractivity contribution in [3.8, 4) is 0 Å². The number of benzene rings is 2. The summed E-state index contributed by atoms with van der Waals surface area (Å²) in [4.78, 5) is 19.0. The second kappa shape index (κ2) is 7.46. The van der Waals surface area contributed by atoms with Gasteiger partial charge in [0.1, 0.15) is 11.9 Å². The Labute approximate surface area is 157 Å². The van der Waals surface area contributed by atoms with Crippen LogP contribution in [0.15, 0.2) is 53.5 Å². The fourth-order valence-electron chi connectivity index (χ4n) is 2.73. The van der Waals surface area contributed by atoms with Crippen molar-refractivity contribution in [1.82, 2.24) is 5.32 Å². The number of rotatable bonds is 4. The van der Waals surface area contributed by atoms with Crippen LogP contribution in [-0.2, 0) is 0 Å². The molecule has 1 saturated heterocycles. The molecule has 0 aromatic heterocycles. The maximum atomic E-state index is 12.7. The Hall–Kier alpha value is -2.04. The predicted octanol–water partition coefficient (Wildman–Crippen LogP) is 5.32. The molecule has 1 fully saturated rings. The maximum Gasteiger partial charge on any atom is 0.328 e. The summed E-state index contributed by atoms with van der Waals surface area (Å²) >= 11 is 12.2. The molecule has 130 valence electrons. The Morgan fingerprint density at radius 3 is 2.48 bits per heavy atom. The summed E-state index contributed by atoms with van der Waals surface area (Å²) in [5, 5.41) is 3.76. The fourth-order valence-corrected chi connectivity index (χ4v) is 3.02. The molecular formula is C19H19Cl2N3O. The molecule has 1 N–H and O–H groups in total. The van der Waals surface area contributed by atoms with Crippen LogP contribution in [0.5, 0.6) is 0 Å². The lowest BCUT2D eigenvalue weighted by Gasteiger charge is -2.24. The van der Waals surface area contributed by atoms with Crippen LogP contribution in [0.25, 0.3) is 0 Å². The van der Waals surface area contributed by atoms with Gasteiger partial charge in [-0.05, 0) is 29.7 Å². The van der Waals surface area contributed by atoms with E-state index in [1.54, 1.807) is 23.1 Å². The molecular weight excluding hydrogens is 357 g/mol. The van der Waals surface area contributed by atoms with Gasteiger partial charge in [0.15, 0.2) is 0 Å². The van der Waals surface area contributed by atoms with E-state index in [0.29, 0.717) is 34.0 Å². The van der Waals surface area contributed by atoms with Gasteiger partial charge in [-0.25, -0.2) is 4.79 Å². The van der Waals surface area contributed by atoms with Crippen LogP contribution in [0.1, 0.15) is 25.5 Å². The van der Waals surface area contributed by atoms with E-state index in [1.807, 2.05) is 30.3 Å². The van der Waals surface area contributed by atoms with Gasteiger partial charge in [-0.3, -0.25) is 15.2 Å².